The van der Waals surface area contributed by atoms with E-state index in [9.17, 15) is 14.0 Å². The van der Waals surface area contributed by atoms with E-state index in [1.807, 2.05) is 0 Å². The zero-order chi connectivity index (χ0) is 20.1. The van der Waals surface area contributed by atoms with Crippen LogP contribution in [0.25, 0.3) is 11.5 Å². The van der Waals surface area contributed by atoms with Crippen molar-refractivity contribution in [3.8, 4) is 17.2 Å². The van der Waals surface area contributed by atoms with Crippen LogP contribution in [0.3, 0.4) is 0 Å². The minimum Gasteiger partial charge on any atom is -0.481 e. The van der Waals surface area contributed by atoms with E-state index in [2.05, 4.69) is 21.0 Å². The van der Waals surface area contributed by atoms with Crippen LogP contribution in [-0.4, -0.2) is 28.1 Å². The molecule has 28 heavy (non-hydrogen) atoms. The molecule has 3 aromatic rings. The number of hydrogen-bond acceptors (Lipinski definition) is 6. The molecule has 1 heterocycles. The highest BCUT2D eigenvalue weighted by Crippen LogP contribution is 2.17. The van der Waals surface area contributed by atoms with Gasteiger partial charge in [-0.15, -0.1) is 0 Å². The Morgan fingerprint density at radius 1 is 1.07 bits per heavy atom. The van der Waals surface area contributed by atoms with Gasteiger partial charge >= 0.3 is 0 Å². The van der Waals surface area contributed by atoms with Gasteiger partial charge in [0.05, 0.1) is 0 Å². The number of ether oxygens (including phenoxy) is 1. The van der Waals surface area contributed by atoms with Crippen molar-refractivity contribution in [1.29, 1.82) is 0 Å². The predicted octanol–water partition coefficient (Wildman–Crippen LogP) is 2.41. The van der Waals surface area contributed by atoms with E-state index >= 15 is 0 Å². The number of amides is 2. The molecule has 8 nitrogen and oxygen atoms in total. The minimum absolute atomic E-state index is 0.326. The highest BCUT2D eigenvalue weighted by molar-refractivity contribution is 5.96. The van der Waals surface area contributed by atoms with E-state index in [-0.39, 0.29) is 0 Å². The molecule has 0 spiro atoms. The van der Waals surface area contributed by atoms with Gasteiger partial charge in [0.15, 0.2) is 11.9 Å². The van der Waals surface area contributed by atoms with Crippen molar-refractivity contribution in [2.75, 3.05) is 0 Å². The topological polar surface area (TPSA) is 106 Å². The lowest BCUT2D eigenvalue weighted by Crippen LogP contribution is -2.47. The summed E-state index contributed by atoms with van der Waals surface area (Å²) in [6.45, 7) is 3.21. The third-order valence-electron chi connectivity index (χ3n) is 3.72. The number of nitrogens with zero attached hydrogens (tertiary/aromatic N) is 2. The van der Waals surface area contributed by atoms with E-state index in [1.165, 1.54) is 31.2 Å². The van der Waals surface area contributed by atoms with Crippen LogP contribution in [-0.2, 0) is 4.79 Å². The highest BCUT2D eigenvalue weighted by Gasteiger charge is 2.16. The van der Waals surface area contributed by atoms with Gasteiger partial charge in [-0.3, -0.25) is 20.4 Å². The molecule has 1 aromatic heterocycles. The van der Waals surface area contributed by atoms with Gasteiger partial charge in [-0.2, -0.15) is 4.98 Å². The number of aryl methyl sites for hydroxylation is 1. The average molecular weight is 384 g/mol. The van der Waals surface area contributed by atoms with Gasteiger partial charge in [0.25, 0.3) is 17.7 Å². The lowest BCUT2D eigenvalue weighted by Gasteiger charge is -2.15. The monoisotopic (exact) mass is 384 g/mol. The summed E-state index contributed by atoms with van der Waals surface area (Å²) < 4.78 is 23.3. The fraction of sp³-hybridized carbons (Fsp3) is 0.158. The standard InChI is InChI=1S/C19H17FN4O4/c1-11(27-16-9-7-15(20)8-10-16)17(25)22-23-18(26)13-3-5-14(6-4-13)19-21-12(2)24-28-19/h3-11H,1-2H3,(H,22,25)(H,23,26). The van der Waals surface area contributed by atoms with Crippen molar-refractivity contribution < 1.29 is 23.2 Å². The van der Waals surface area contributed by atoms with Gasteiger partial charge in [-0.1, -0.05) is 5.16 Å². The number of rotatable bonds is 5. The Balaban J connectivity index is 1.52. The zero-order valence-electron chi connectivity index (χ0n) is 15.1. The highest BCUT2D eigenvalue weighted by atomic mass is 19.1. The van der Waals surface area contributed by atoms with Gasteiger partial charge in [-0.05, 0) is 62.4 Å². The molecule has 9 heteroatoms. The first-order chi connectivity index (χ1) is 13.4. The molecule has 2 amide bonds. The predicted molar refractivity (Wildman–Crippen MR) is 96.6 cm³/mol. The third kappa shape index (κ3) is 4.70. The Morgan fingerprint density at radius 3 is 2.36 bits per heavy atom. The second kappa shape index (κ2) is 8.30. The van der Waals surface area contributed by atoms with E-state index in [4.69, 9.17) is 9.26 Å². The van der Waals surface area contributed by atoms with Crippen LogP contribution in [0.4, 0.5) is 4.39 Å². The Morgan fingerprint density at radius 2 is 1.75 bits per heavy atom. The summed E-state index contributed by atoms with van der Waals surface area (Å²) in [5.41, 5.74) is 5.59. The van der Waals surface area contributed by atoms with E-state index < -0.39 is 23.7 Å². The third-order valence-corrected chi connectivity index (χ3v) is 3.72. The Kier molecular flexibility index (Phi) is 5.64. The molecule has 0 saturated carbocycles. The van der Waals surface area contributed by atoms with Crippen LogP contribution in [0.15, 0.2) is 53.1 Å². The first kappa shape index (κ1) is 19.0. The second-order valence-electron chi connectivity index (χ2n) is 5.88. The van der Waals surface area contributed by atoms with Gasteiger partial charge in [0, 0.05) is 11.1 Å². The molecule has 0 saturated heterocycles. The minimum atomic E-state index is -0.895. The molecule has 1 unspecified atom stereocenters. The van der Waals surface area contributed by atoms with E-state index in [1.54, 1.807) is 31.2 Å². The normalized spacial score (nSPS) is 11.5. The van der Waals surface area contributed by atoms with Crippen LogP contribution in [0.5, 0.6) is 5.75 Å². The fourth-order valence-electron chi connectivity index (χ4n) is 2.24. The van der Waals surface area contributed by atoms with Gasteiger partial charge < -0.3 is 9.26 Å². The van der Waals surface area contributed by atoms with Gasteiger partial charge in [0.2, 0.25) is 0 Å². The van der Waals surface area contributed by atoms with Crippen LogP contribution < -0.4 is 15.6 Å². The maximum Gasteiger partial charge on any atom is 0.279 e. The fourth-order valence-corrected chi connectivity index (χ4v) is 2.24. The number of carbonyl (C=O) groups excluding carboxylic acids is 2. The molecule has 0 aliphatic rings. The molecule has 1 atom stereocenters. The summed E-state index contributed by atoms with van der Waals surface area (Å²) >= 11 is 0. The SMILES string of the molecule is Cc1noc(-c2ccc(C(=O)NNC(=O)C(C)Oc3ccc(F)cc3)cc2)n1. The van der Waals surface area contributed by atoms with Crippen LogP contribution >= 0.6 is 0 Å². The summed E-state index contributed by atoms with van der Waals surface area (Å²) in [4.78, 5) is 28.3. The molecule has 0 aliphatic carbocycles. The molecule has 3 rings (SSSR count). The molecule has 0 aliphatic heterocycles. The number of halogens is 1. The number of benzene rings is 2. The lowest BCUT2D eigenvalue weighted by atomic mass is 10.1. The number of hydrogen-bond donors (Lipinski definition) is 2. The molecule has 0 fully saturated rings. The molecule has 0 bridgehead atoms. The van der Waals surface area contributed by atoms with Crippen molar-refractivity contribution in [2.24, 2.45) is 0 Å². The molecule has 144 valence electrons. The quantitative estimate of drug-likeness (QED) is 0.655. The molecule has 2 N–H and O–H groups in total. The van der Waals surface area contributed by atoms with E-state index in [0.717, 1.165) is 0 Å². The number of hydrazine groups is 1. The number of aromatic nitrogens is 2. The summed E-state index contributed by atoms with van der Waals surface area (Å²) in [5.74, 6) is -0.272. The smallest absolute Gasteiger partial charge is 0.279 e. The number of carbonyl (C=O) groups is 2. The second-order valence-corrected chi connectivity index (χ2v) is 5.88. The van der Waals surface area contributed by atoms with Crippen molar-refractivity contribution in [1.82, 2.24) is 21.0 Å². The van der Waals surface area contributed by atoms with Crippen LogP contribution in [0.1, 0.15) is 23.1 Å². The molecule has 0 radical (unpaired) electrons. The van der Waals surface area contributed by atoms with Gasteiger partial charge in [0.1, 0.15) is 11.6 Å². The molecular weight excluding hydrogens is 367 g/mol. The first-order valence-electron chi connectivity index (χ1n) is 8.35. The summed E-state index contributed by atoms with van der Waals surface area (Å²) in [6.07, 6.45) is -0.895. The molecule has 2 aromatic carbocycles. The lowest BCUT2D eigenvalue weighted by molar-refractivity contribution is -0.128. The first-order valence-corrected chi connectivity index (χ1v) is 8.35. The van der Waals surface area contributed by atoms with Crippen molar-refractivity contribution in [3.63, 3.8) is 0 Å². The van der Waals surface area contributed by atoms with Crippen LogP contribution in [0, 0.1) is 12.7 Å². The summed E-state index contributed by atoms with van der Waals surface area (Å²) in [6, 6.07) is 11.7. The maximum absolute atomic E-state index is 12.9. The summed E-state index contributed by atoms with van der Waals surface area (Å²) in [5, 5.41) is 3.71. The average Bonchev–Trinajstić information content (AvgIpc) is 3.14. The Bertz CT molecular complexity index is 970. The van der Waals surface area contributed by atoms with Crippen molar-refractivity contribution >= 4 is 11.8 Å². The summed E-state index contributed by atoms with van der Waals surface area (Å²) in [7, 11) is 0. The van der Waals surface area contributed by atoms with Gasteiger partial charge in [-0.25, -0.2) is 4.39 Å². The van der Waals surface area contributed by atoms with Crippen LogP contribution in [0.2, 0.25) is 0 Å². The van der Waals surface area contributed by atoms with Crippen molar-refractivity contribution in [3.05, 3.63) is 65.7 Å². The van der Waals surface area contributed by atoms with E-state index in [0.29, 0.717) is 28.6 Å². The van der Waals surface area contributed by atoms with Crippen molar-refractivity contribution in [2.45, 2.75) is 20.0 Å². The number of nitrogens with one attached hydrogen (secondary N) is 2. The Labute approximate surface area is 159 Å². The zero-order valence-corrected chi connectivity index (χ0v) is 15.1. The maximum atomic E-state index is 12.9. The Hall–Kier alpha value is -3.75. The largest absolute Gasteiger partial charge is 0.481 e. The molecular formula is C19H17FN4O4.